The number of fused-ring (bicyclic) bond motifs is 2. The van der Waals surface area contributed by atoms with Crippen LogP contribution < -0.4 is 0 Å². The number of hydrogen-bond acceptors (Lipinski definition) is 2. The van der Waals surface area contributed by atoms with Crippen LogP contribution >= 0.6 is 0 Å². The summed E-state index contributed by atoms with van der Waals surface area (Å²) in [6, 6.07) is 16.7. The minimum Gasteiger partial charge on any atom is -0.301 e. The number of aromatic nitrogens is 1. The Hall–Kier alpha value is -3.27. The fourth-order valence-electron chi connectivity index (χ4n) is 3.56. The predicted octanol–water partition coefficient (Wildman–Crippen LogP) is 5.77. The zero-order valence-electron chi connectivity index (χ0n) is 16.2. The molecule has 4 heteroatoms. The molecule has 0 spiro atoms. The van der Waals surface area contributed by atoms with E-state index in [0.717, 1.165) is 33.7 Å². The van der Waals surface area contributed by atoms with Gasteiger partial charge in [-0.2, -0.15) is 0 Å². The molecule has 3 aromatic rings. The molecular formula is C24H22FN3. The molecule has 1 aliphatic carbocycles. The Bertz CT molecular complexity index is 1150. The van der Waals surface area contributed by atoms with Crippen molar-refractivity contribution >= 4 is 22.6 Å². The summed E-state index contributed by atoms with van der Waals surface area (Å²) in [6.45, 7) is 6.07. The van der Waals surface area contributed by atoms with Crippen LogP contribution in [0.15, 0.2) is 94.1 Å². The van der Waals surface area contributed by atoms with Crippen molar-refractivity contribution in [3.05, 3.63) is 95.5 Å². The van der Waals surface area contributed by atoms with Crippen molar-refractivity contribution in [1.29, 1.82) is 0 Å². The van der Waals surface area contributed by atoms with E-state index >= 15 is 0 Å². The number of rotatable bonds is 1. The lowest BCUT2D eigenvalue weighted by molar-refractivity contribution is 0.629. The predicted molar refractivity (Wildman–Crippen MR) is 115 cm³/mol. The van der Waals surface area contributed by atoms with Crippen molar-refractivity contribution in [3.8, 4) is 0 Å². The first kappa shape index (κ1) is 18.1. The number of nitrogens with zero attached hydrogens (tertiary/aromatic N) is 3. The van der Waals surface area contributed by atoms with Crippen LogP contribution in [0.1, 0.15) is 26.3 Å². The first-order valence-electron chi connectivity index (χ1n) is 9.58. The quantitative estimate of drug-likeness (QED) is 0.520. The van der Waals surface area contributed by atoms with Gasteiger partial charge in [-0.3, -0.25) is 4.99 Å². The average Bonchev–Trinajstić information content (AvgIpc) is 3.31. The molecule has 2 heterocycles. The van der Waals surface area contributed by atoms with Gasteiger partial charge in [0.1, 0.15) is 11.7 Å². The van der Waals surface area contributed by atoms with Gasteiger partial charge in [0, 0.05) is 22.7 Å². The van der Waals surface area contributed by atoms with Crippen LogP contribution in [0.2, 0.25) is 0 Å². The van der Waals surface area contributed by atoms with Crippen LogP contribution in [0.25, 0.3) is 10.9 Å². The summed E-state index contributed by atoms with van der Waals surface area (Å²) in [7, 11) is 0. The second-order valence-electron chi connectivity index (χ2n) is 6.60. The summed E-state index contributed by atoms with van der Waals surface area (Å²) in [5.41, 5.74) is 4.18. The maximum Gasteiger partial charge on any atom is 0.157 e. The lowest BCUT2D eigenvalue weighted by atomic mass is 10.1. The normalized spacial score (nSPS) is 17.8. The fraction of sp³-hybridized carbons (Fsp3) is 0.167. The lowest BCUT2D eigenvalue weighted by Crippen LogP contribution is -2.26. The van der Waals surface area contributed by atoms with Gasteiger partial charge >= 0.3 is 0 Å². The molecule has 0 radical (unpaired) electrons. The second kappa shape index (κ2) is 7.39. The standard InChI is InChI=1S/C22H16FN3.C2H6/c1-14-11-18-19(12-14)24-21(15-5-3-2-4-6-15)25-22(18)26-10-9-16-13-17(23)7-8-20(16)26;1-2/h2-13,19H,1H3;1-2H3. The molecule has 0 saturated carbocycles. The van der Waals surface area contributed by atoms with Crippen LogP contribution in [-0.4, -0.2) is 22.3 Å². The molecule has 0 saturated heterocycles. The minimum atomic E-state index is -0.233. The summed E-state index contributed by atoms with van der Waals surface area (Å²) in [4.78, 5) is 9.71. The SMILES string of the molecule is CC.CC1=CC2N=C(c3ccccc3)N=C(n3ccc4cc(F)ccc43)C2=C1. The highest BCUT2D eigenvalue weighted by Gasteiger charge is 2.28. The molecule has 1 aromatic heterocycles. The molecule has 0 amide bonds. The van der Waals surface area contributed by atoms with Crippen molar-refractivity contribution in [2.45, 2.75) is 26.8 Å². The Morgan fingerprint density at radius 2 is 1.79 bits per heavy atom. The second-order valence-corrected chi connectivity index (χ2v) is 6.60. The smallest absolute Gasteiger partial charge is 0.157 e. The lowest BCUT2D eigenvalue weighted by Gasteiger charge is -2.21. The van der Waals surface area contributed by atoms with Gasteiger partial charge in [-0.15, -0.1) is 0 Å². The third-order valence-electron chi connectivity index (χ3n) is 4.77. The minimum absolute atomic E-state index is 0.0318. The molecule has 0 N–H and O–H groups in total. The van der Waals surface area contributed by atoms with E-state index in [1.54, 1.807) is 12.1 Å². The molecular weight excluding hydrogens is 349 g/mol. The molecule has 5 rings (SSSR count). The van der Waals surface area contributed by atoms with Gasteiger partial charge in [-0.1, -0.05) is 61.9 Å². The highest BCUT2D eigenvalue weighted by molar-refractivity contribution is 6.17. The molecule has 3 nitrogen and oxygen atoms in total. The first-order valence-corrected chi connectivity index (χ1v) is 9.58. The Kier molecular flexibility index (Phi) is 4.78. The molecule has 0 bridgehead atoms. The third-order valence-corrected chi connectivity index (χ3v) is 4.77. The van der Waals surface area contributed by atoms with Crippen LogP contribution in [0.4, 0.5) is 4.39 Å². The van der Waals surface area contributed by atoms with Gasteiger partial charge in [0.2, 0.25) is 0 Å². The van der Waals surface area contributed by atoms with Gasteiger partial charge in [0.25, 0.3) is 0 Å². The van der Waals surface area contributed by atoms with E-state index in [-0.39, 0.29) is 11.9 Å². The summed E-state index contributed by atoms with van der Waals surface area (Å²) in [5, 5.41) is 0.858. The Morgan fingerprint density at radius 1 is 1.00 bits per heavy atom. The molecule has 1 aliphatic heterocycles. The maximum atomic E-state index is 13.6. The highest BCUT2D eigenvalue weighted by Crippen LogP contribution is 2.29. The van der Waals surface area contributed by atoms with E-state index in [1.807, 2.05) is 61.0 Å². The zero-order chi connectivity index (χ0) is 19.7. The summed E-state index contributed by atoms with van der Waals surface area (Å²) < 4.78 is 15.6. The van der Waals surface area contributed by atoms with Crippen molar-refractivity contribution in [2.24, 2.45) is 9.98 Å². The van der Waals surface area contributed by atoms with E-state index in [0.29, 0.717) is 0 Å². The Labute approximate surface area is 164 Å². The summed E-state index contributed by atoms with van der Waals surface area (Å²) in [5.74, 6) is 1.33. The Balaban J connectivity index is 0.000000932. The number of halogens is 1. The molecule has 0 fully saturated rings. The van der Waals surface area contributed by atoms with Gasteiger partial charge < -0.3 is 4.57 Å². The van der Waals surface area contributed by atoms with Crippen molar-refractivity contribution in [3.63, 3.8) is 0 Å². The van der Waals surface area contributed by atoms with Crippen molar-refractivity contribution in [1.82, 2.24) is 4.57 Å². The molecule has 1 atom stereocenters. The number of benzene rings is 2. The number of allylic oxidation sites excluding steroid dienone is 2. The van der Waals surface area contributed by atoms with Gasteiger partial charge in [-0.05, 0) is 31.2 Å². The maximum absolute atomic E-state index is 13.6. The molecule has 2 aromatic carbocycles. The van der Waals surface area contributed by atoms with Gasteiger partial charge in [0.05, 0.1) is 11.6 Å². The zero-order valence-corrected chi connectivity index (χ0v) is 16.2. The van der Waals surface area contributed by atoms with E-state index in [4.69, 9.17) is 9.98 Å². The van der Waals surface area contributed by atoms with Crippen molar-refractivity contribution < 1.29 is 4.39 Å². The van der Waals surface area contributed by atoms with E-state index in [1.165, 1.54) is 11.6 Å². The topological polar surface area (TPSA) is 29.6 Å². The van der Waals surface area contributed by atoms with E-state index < -0.39 is 0 Å². The molecule has 140 valence electrons. The van der Waals surface area contributed by atoms with E-state index in [9.17, 15) is 4.39 Å². The molecule has 1 unspecified atom stereocenters. The van der Waals surface area contributed by atoms with Crippen LogP contribution in [0, 0.1) is 5.82 Å². The average molecular weight is 371 g/mol. The molecule has 28 heavy (non-hydrogen) atoms. The number of aliphatic imine (C=N–C) groups is 2. The van der Waals surface area contributed by atoms with Crippen LogP contribution in [-0.2, 0) is 0 Å². The van der Waals surface area contributed by atoms with Crippen LogP contribution in [0.5, 0.6) is 0 Å². The monoisotopic (exact) mass is 371 g/mol. The number of hydrogen-bond donors (Lipinski definition) is 0. The molecule has 2 aliphatic rings. The van der Waals surface area contributed by atoms with Crippen molar-refractivity contribution in [2.75, 3.05) is 0 Å². The largest absolute Gasteiger partial charge is 0.301 e. The van der Waals surface area contributed by atoms with Gasteiger partial charge in [0.15, 0.2) is 5.84 Å². The Morgan fingerprint density at radius 3 is 2.57 bits per heavy atom. The number of amidine groups is 1. The fourth-order valence-corrected chi connectivity index (χ4v) is 3.56. The van der Waals surface area contributed by atoms with E-state index in [2.05, 4.69) is 19.1 Å². The third kappa shape index (κ3) is 3.11. The first-order chi connectivity index (χ1) is 13.7. The summed E-state index contributed by atoms with van der Waals surface area (Å²) >= 11 is 0. The summed E-state index contributed by atoms with van der Waals surface area (Å²) in [6.07, 6.45) is 6.23. The highest BCUT2D eigenvalue weighted by atomic mass is 19.1. The van der Waals surface area contributed by atoms with Crippen LogP contribution in [0.3, 0.4) is 0 Å². The van der Waals surface area contributed by atoms with Gasteiger partial charge in [-0.25, -0.2) is 9.38 Å².